The van der Waals surface area contributed by atoms with Crippen LogP contribution in [0.15, 0.2) is 0 Å². The number of carboxylic acid groups (broad SMARTS) is 1. The van der Waals surface area contributed by atoms with E-state index in [0.29, 0.717) is 6.54 Å². The molecule has 0 rings (SSSR count). The molecular weight excluding hydrogens is 137 g/mol. The van der Waals surface area contributed by atoms with Gasteiger partial charge < -0.3 is 14.8 Å². The number of carbonyl (C=O) groups excluding carboxylic acids is 1. The van der Waals surface area contributed by atoms with E-state index in [1.165, 1.54) is 0 Å². The van der Waals surface area contributed by atoms with E-state index >= 15 is 0 Å². The van der Waals surface area contributed by atoms with Crippen LogP contribution in [0.1, 0.15) is 20.3 Å². The fourth-order valence-corrected chi connectivity index (χ4v) is 0.789. The van der Waals surface area contributed by atoms with Crippen molar-refractivity contribution in [3.63, 3.8) is 0 Å². The van der Waals surface area contributed by atoms with Gasteiger partial charge in [-0.05, 0) is 19.5 Å². The first kappa shape index (κ1) is 13.6. The summed E-state index contributed by atoms with van der Waals surface area (Å²) >= 11 is 0. The molecule has 0 atom stereocenters. The number of aliphatic carboxylic acids is 1. The normalized spacial score (nSPS) is 9.36. The van der Waals surface area contributed by atoms with Crippen molar-refractivity contribution in [2.24, 2.45) is 0 Å². The number of hydrogen-bond acceptors (Lipinski definition) is 3. The summed E-state index contributed by atoms with van der Waals surface area (Å²) in [6, 6.07) is 0. The molecule has 3 nitrogen and oxygen atoms in total. The first-order valence-electron chi connectivity index (χ1n) is 3.62. The smallest absolute Gasteiger partial charge is 0.550 e. The van der Waals surface area contributed by atoms with Gasteiger partial charge in [0.1, 0.15) is 0 Å². The molecule has 0 aromatic rings. The fourth-order valence-electron chi connectivity index (χ4n) is 0.789. The Kier molecular flexibility index (Phi) is 10.1. The van der Waals surface area contributed by atoms with Crippen LogP contribution in [0.5, 0.6) is 0 Å². The quantitative estimate of drug-likeness (QED) is 0.382. The first-order chi connectivity index (χ1) is 4.70. The van der Waals surface area contributed by atoms with Crippen molar-refractivity contribution in [2.45, 2.75) is 20.3 Å². The van der Waals surface area contributed by atoms with Crippen molar-refractivity contribution >= 4 is 5.97 Å². The zero-order valence-electron chi connectivity index (χ0n) is 7.59. The molecule has 0 aromatic heterocycles. The Bertz CT molecular complexity index is 105. The molecule has 0 unspecified atom stereocenters. The minimum atomic E-state index is -0.966. The second-order valence-electron chi connectivity index (χ2n) is 2.15. The number of nitrogens with zero attached hydrogens (tertiary/aromatic N) is 1. The summed E-state index contributed by atoms with van der Waals surface area (Å²) in [4.78, 5) is 12.0. The van der Waals surface area contributed by atoms with Gasteiger partial charge in [0, 0.05) is 12.5 Å². The van der Waals surface area contributed by atoms with E-state index in [0.717, 1.165) is 13.1 Å². The minimum absolute atomic E-state index is 0. The molecule has 0 aliphatic heterocycles. The maximum atomic E-state index is 10.00. The predicted octanol–water partition coefficient (Wildman–Crippen LogP) is -3.53. The van der Waals surface area contributed by atoms with Gasteiger partial charge >= 0.3 is 18.9 Å². The average molecular weight is 151 g/mol. The van der Waals surface area contributed by atoms with Crippen LogP contribution in [0, 0.1) is 0 Å². The van der Waals surface area contributed by atoms with Gasteiger partial charge in [0.25, 0.3) is 0 Å². The molecule has 0 aromatic carbocycles. The van der Waals surface area contributed by atoms with Crippen LogP contribution in [-0.2, 0) is 4.79 Å². The Morgan fingerprint density at radius 2 is 1.82 bits per heavy atom. The van der Waals surface area contributed by atoms with Crippen LogP contribution in [0.3, 0.4) is 0 Å². The molecular formula is C7H14LiNO2. The maximum Gasteiger partial charge on any atom is 1.00 e. The summed E-state index contributed by atoms with van der Waals surface area (Å²) in [6.07, 6.45) is 0.141. The third-order valence-electron chi connectivity index (χ3n) is 1.53. The zero-order valence-corrected chi connectivity index (χ0v) is 7.59. The number of hydrogen-bond donors (Lipinski definition) is 0. The number of carbonyl (C=O) groups is 1. The Balaban J connectivity index is 0. The molecule has 0 heterocycles. The van der Waals surface area contributed by atoms with Gasteiger partial charge in [-0.1, -0.05) is 13.8 Å². The Morgan fingerprint density at radius 1 is 1.36 bits per heavy atom. The van der Waals surface area contributed by atoms with Crippen LogP contribution in [0.25, 0.3) is 0 Å². The van der Waals surface area contributed by atoms with Gasteiger partial charge in [0.15, 0.2) is 0 Å². The van der Waals surface area contributed by atoms with E-state index in [1.807, 2.05) is 13.8 Å². The molecule has 0 N–H and O–H groups in total. The van der Waals surface area contributed by atoms with E-state index in [1.54, 1.807) is 0 Å². The summed E-state index contributed by atoms with van der Waals surface area (Å²) in [7, 11) is 0. The van der Waals surface area contributed by atoms with E-state index in [2.05, 4.69) is 4.90 Å². The molecule has 0 aliphatic rings. The number of rotatable bonds is 5. The molecule has 60 valence electrons. The first-order valence-corrected chi connectivity index (χ1v) is 3.62. The maximum absolute atomic E-state index is 10.00. The summed E-state index contributed by atoms with van der Waals surface area (Å²) in [5, 5.41) is 10.00. The molecule has 0 saturated carbocycles. The molecule has 0 amide bonds. The summed E-state index contributed by atoms with van der Waals surface area (Å²) in [5.74, 6) is -0.966. The van der Waals surface area contributed by atoms with Crippen molar-refractivity contribution in [1.29, 1.82) is 0 Å². The molecule has 0 bridgehead atoms. The van der Waals surface area contributed by atoms with Crippen LogP contribution >= 0.6 is 0 Å². The minimum Gasteiger partial charge on any atom is -0.550 e. The Labute approximate surface area is 79.9 Å². The van der Waals surface area contributed by atoms with E-state index in [9.17, 15) is 9.90 Å². The number of carboxylic acids is 1. The monoisotopic (exact) mass is 151 g/mol. The molecule has 0 saturated heterocycles. The fraction of sp³-hybridized carbons (Fsp3) is 0.857. The zero-order chi connectivity index (χ0) is 7.98. The van der Waals surface area contributed by atoms with Crippen molar-refractivity contribution in [2.75, 3.05) is 19.6 Å². The van der Waals surface area contributed by atoms with Crippen molar-refractivity contribution < 1.29 is 28.8 Å². The van der Waals surface area contributed by atoms with Gasteiger partial charge in [0.2, 0.25) is 0 Å². The van der Waals surface area contributed by atoms with Crippen LogP contribution < -0.4 is 24.0 Å². The van der Waals surface area contributed by atoms with E-state index in [4.69, 9.17) is 0 Å². The van der Waals surface area contributed by atoms with Crippen LogP contribution in [0.4, 0.5) is 0 Å². The topological polar surface area (TPSA) is 43.4 Å². The van der Waals surface area contributed by atoms with E-state index < -0.39 is 5.97 Å². The third-order valence-corrected chi connectivity index (χ3v) is 1.53. The SMILES string of the molecule is CCN(CC)CCC(=O)[O-].[Li+]. The largest absolute Gasteiger partial charge is 1.00 e. The molecule has 11 heavy (non-hydrogen) atoms. The Morgan fingerprint density at radius 3 is 2.09 bits per heavy atom. The van der Waals surface area contributed by atoms with Gasteiger partial charge in [0.05, 0.1) is 0 Å². The Hall–Kier alpha value is 0.0274. The van der Waals surface area contributed by atoms with Gasteiger partial charge in [-0.2, -0.15) is 0 Å². The second-order valence-corrected chi connectivity index (χ2v) is 2.15. The van der Waals surface area contributed by atoms with Crippen LogP contribution in [0.2, 0.25) is 0 Å². The van der Waals surface area contributed by atoms with Crippen molar-refractivity contribution in [3.8, 4) is 0 Å². The molecule has 4 heteroatoms. The van der Waals surface area contributed by atoms with Gasteiger partial charge in [-0.15, -0.1) is 0 Å². The molecule has 0 spiro atoms. The van der Waals surface area contributed by atoms with Crippen LogP contribution in [-0.4, -0.2) is 30.5 Å². The van der Waals surface area contributed by atoms with Gasteiger partial charge in [-0.3, -0.25) is 0 Å². The van der Waals surface area contributed by atoms with Gasteiger partial charge in [-0.25, -0.2) is 0 Å². The second kappa shape index (κ2) is 8.13. The summed E-state index contributed by atoms with van der Waals surface area (Å²) in [6.45, 7) is 6.44. The average Bonchev–Trinajstić information content (AvgIpc) is 1.90. The van der Waals surface area contributed by atoms with Crippen molar-refractivity contribution in [3.05, 3.63) is 0 Å². The summed E-state index contributed by atoms with van der Waals surface area (Å²) in [5.41, 5.74) is 0. The summed E-state index contributed by atoms with van der Waals surface area (Å²) < 4.78 is 0. The predicted molar refractivity (Wildman–Crippen MR) is 37.4 cm³/mol. The van der Waals surface area contributed by atoms with Crippen molar-refractivity contribution in [1.82, 2.24) is 4.90 Å². The molecule has 0 fully saturated rings. The standard InChI is InChI=1S/C7H15NO2.Li/c1-3-8(4-2)6-5-7(9)10;/h3-6H2,1-2H3,(H,9,10);/q;+1/p-1. The molecule has 0 aliphatic carbocycles. The molecule has 0 radical (unpaired) electrons. The third kappa shape index (κ3) is 7.93. The van der Waals surface area contributed by atoms with E-state index in [-0.39, 0.29) is 25.3 Å².